The van der Waals surface area contributed by atoms with Crippen molar-refractivity contribution in [3.05, 3.63) is 93.9 Å². The second kappa shape index (κ2) is 9.98. The lowest BCUT2D eigenvalue weighted by Gasteiger charge is -2.27. The maximum Gasteiger partial charge on any atom is 0.255 e. The minimum atomic E-state index is -1.04. The molecule has 0 spiro atoms. The van der Waals surface area contributed by atoms with Gasteiger partial charge < -0.3 is 15.4 Å². The summed E-state index contributed by atoms with van der Waals surface area (Å²) in [4.78, 5) is 22.3. The first kappa shape index (κ1) is 24.4. The number of hydrogen-bond acceptors (Lipinski definition) is 6. The number of aliphatic imine (C=N–C) groups is 1. The number of nitrogens with one attached hydrogen (secondary N) is 3. The normalized spacial score (nSPS) is 15.4. The molecule has 1 aliphatic rings. The summed E-state index contributed by atoms with van der Waals surface area (Å²) in [5.74, 6) is -1.13. The zero-order valence-corrected chi connectivity index (χ0v) is 20.5. The maximum atomic E-state index is 15.1. The number of carbonyl (C=O) groups excluding carboxylic acids is 1. The second-order valence-electron chi connectivity index (χ2n) is 8.27. The van der Waals surface area contributed by atoms with Gasteiger partial charge in [-0.15, -0.1) is 0 Å². The van der Waals surface area contributed by atoms with Crippen molar-refractivity contribution in [1.29, 1.82) is 0 Å². The van der Waals surface area contributed by atoms with Gasteiger partial charge in [-0.2, -0.15) is 5.10 Å². The minimum absolute atomic E-state index is 0.0419. The van der Waals surface area contributed by atoms with Crippen LogP contribution in [0.5, 0.6) is 5.88 Å². The number of nitrogens with zero attached hydrogens (tertiary/aromatic N) is 3. The van der Waals surface area contributed by atoms with Crippen LogP contribution in [-0.4, -0.2) is 33.5 Å². The Kier molecular flexibility index (Phi) is 6.58. The van der Waals surface area contributed by atoms with Crippen LogP contribution in [0.25, 0.3) is 10.9 Å². The van der Waals surface area contributed by atoms with E-state index in [-0.39, 0.29) is 21.8 Å². The molecular weight excluding hydrogens is 502 g/mol. The van der Waals surface area contributed by atoms with Gasteiger partial charge in [0.15, 0.2) is 0 Å². The van der Waals surface area contributed by atoms with Gasteiger partial charge in [-0.25, -0.2) is 13.8 Å². The summed E-state index contributed by atoms with van der Waals surface area (Å²) >= 11 is 5.97. The standard InChI is InChI=1S/C26H21ClF2N6O2/c1-3-37-22-9-14(6-7-30-22)25-32-13(2)23(24(34-25)17-5-4-16(27)10-18(17)28)26(36)33-21-8-15-12-31-35-20(15)11-19(21)29/h4-12,24H,3H2,1-2H3,(H,31,35)(H,32,34)(H,33,36). The Bertz CT molecular complexity index is 1580. The van der Waals surface area contributed by atoms with Crippen LogP contribution in [0.4, 0.5) is 14.5 Å². The van der Waals surface area contributed by atoms with Gasteiger partial charge in [0.25, 0.3) is 5.91 Å². The lowest BCUT2D eigenvalue weighted by Crippen LogP contribution is -2.34. The van der Waals surface area contributed by atoms with Gasteiger partial charge in [0.1, 0.15) is 23.5 Å². The van der Waals surface area contributed by atoms with Gasteiger partial charge in [0.05, 0.1) is 29.6 Å². The van der Waals surface area contributed by atoms with Crippen molar-refractivity contribution in [2.24, 2.45) is 4.99 Å². The van der Waals surface area contributed by atoms with E-state index >= 15 is 4.39 Å². The lowest BCUT2D eigenvalue weighted by molar-refractivity contribution is -0.113. The fourth-order valence-electron chi connectivity index (χ4n) is 4.10. The van der Waals surface area contributed by atoms with E-state index in [0.717, 1.165) is 6.07 Å². The molecule has 4 aromatic rings. The number of benzene rings is 2. The SMILES string of the molecule is CCOc1cc(C2=NC(c3ccc(Cl)cc3F)C(C(=O)Nc3cc4cn[nH]c4cc3F)=C(C)N2)ccn1. The first-order valence-electron chi connectivity index (χ1n) is 11.4. The first-order valence-corrected chi connectivity index (χ1v) is 11.8. The Morgan fingerprint density at radius 2 is 2.00 bits per heavy atom. The van der Waals surface area contributed by atoms with Crippen molar-refractivity contribution < 1.29 is 18.3 Å². The number of fused-ring (bicyclic) bond motifs is 1. The number of hydrogen-bond donors (Lipinski definition) is 3. The molecule has 0 radical (unpaired) electrons. The molecule has 1 unspecified atom stereocenters. The number of rotatable bonds is 6. The highest BCUT2D eigenvalue weighted by atomic mass is 35.5. The number of amides is 1. The van der Waals surface area contributed by atoms with Crippen molar-refractivity contribution >= 4 is 39.9 Å². The number of anilines is 1. The summed E-state index contributed by atoms with van der Waals surface area (Å²) in [6.45, 7) is 3.94. The molecule has 11 heteroatoms. The van der Waals surface area contributed by atoms with Crippen LogP contribution in [0.15, 0.2) is 71.1 Å². The predicted octanol–water partition coefficient (Wildman–Crippen LogP) is 5.29. The van der Waals surface area contributed by atoms with E-state index in [4.69, 9.17) is 16.3 Å². The highest BCUT2D eigenvalue weighted by Gasteiger charge is 2.32. The van der Waals surface area contributed by atoms with E-state index in [1.807, 2.05) is 6.92 Å². The smallest absolute Gasteiger partial charge is 0.255 e. The summed E-state index contributed by atoms with van der Waals surface area (Å²) in [7, 11) is 0. The Labute approximate surface area is 215 Å². The van der Waals surface area contributed by atoms with E-state index in [2.05, 4.69) is 30.8 Å². The van der Waals surface area contributed by atoms with Crippen molar-refractivity contribution in [3.63, 3.8) is 0 Å². The summed E-state index contributed by atoms with van der Waals surface area (Å²) in [5.41, 5.74) is 1.76. The molecule has 1 aliphatic heterocycles. The third-order valence-corrected chi connectivity index (χ3v) is 6.05. The molecule has 1 atom stereocenters. The lowest BCUT2D eigenvalue weighted by atomic mass is 9.94. The largest absolute Gasteiger partial charge is 0.478 e. The molecule has 3 N–H and O–H groups in total. The van der Waals surface area contributed by atoms with Crippen molar-refractivity contribution in [2.45, 2.75) is 19.9 Å². The number of amidine groups is 1. The van der Waals surface area contributed by atoms with Crippen LogP contribution in [0.2, 0.25) is 5.02 Å². The number of carbonyl (C=O) groups is 1. The average molecular weight is 523 g/mol. The molecule has 0 bridgehead atoms. The van der Waals surface area contributed by atoms with Gasteiger partial charge in [-0.05, 0) is 38.1 Å². The van der Waals surface area contributed by atoms with Gasteiger partial charge in [0.2, 0.25) is 5.88 Å². The Morgan fingerprint density at radius 1 is 1.16 bits per heavy atom. The zero-order valence-electron chi connectivity index (χ0n) is 19.8. The number of allylic oxidation sites excluding steroid dienone is 1. The van der Waals surface area contributed by atoms with Gasteiger partial charge >= 0.3 is 0 Å². The van der Waals surface area contributed by atoms with Crippen LogP contribution in [0, 0.1) is 11.6 Å². The molecule has 3 heterocycles. The van der Waals surface area contributed by atoms with E-state index < -0.39 is 23.6 Å². The number of aromatic amines is 1. The molecular formula is C26H21ClF2N6O2. The average Bonchev–Trinajstić information content (AvgIpc) is 3.31. The third-order valence-electron chi connectivity index (χ3n) is 5.82. The molecule has 0 saturated carbocycles. The Balaban J connectivity index is 1.56. The van der Waals surface area contributed by atoms with E-state index in [1.54, 1.807) is 25.3 Å². The second-order valence-corrected chi connectivity index (χ2v) is 8.71. The number of H-pyrrole nitrogens is 1. The molecule has 5 rings (SSSR count). The fourth-order valence-corrected chi connectivity index (χ4v) is 4.26. The van der Waals surface area contributed by atoms with Gasteiger partial charge in [-0.3, -0.25) is 14.9 Å². The van der Waals surface area contributed by atoms with E-state index in [9.17, 15) is 9.18 Å². The van der Waals surface area contributed by atoms with Crippen LogP contribution >= 0.6 is 11.6 Å². The van der Waals surface area contributed by atoms with Gasteiger partial charge in [-0.1, -0.05) is 17.7 Å². The molecule has 8 nitrogen and oxygen atoms in total. The van der Waals surface area contributed by atoms with Crippen LogP contribution in [-0.2, 0) is 4.79 Å². The highest BCUT2D eigenvalue weighted by molar-refractivity contribution is 6.30. The van der Waals surface area contributed by atoms with Crippen LogP contribution in [0.3, 0.4) is 0 Å². The molecule has 2 aromatic carbocycles. The van der Waals surface area contributed by atoms with E-state index in [0.29, 0.717) is 40.5 Å². The molecule has 2 aromatic heterocycles. The quantitative estimate of drug-likeness (QED) is 0.319. The number of aromatic nitrogens is 3. The minimum Gasteiger partial charge on any atom is -0.478 e. The summed E-state index contributed by atoms with van der Waals surface area (Å²) < 4.78 is 35.3. The maximum absolute atomic E-state index is 15.1. The van der Waals surface area contributed by atoms with Gasteiger partial charge in [0, 0.05) is 45.6 Å². The van der Waals surface area contributed by atoms with E-state index in [1.165, 1.54) is 30.5 Å². The topological polar surface area (TPSA) is 104 Å². The Hall–Kier alpha value is -4.31. The highest BCUT2D eigenvalue weighted by Crippen LogP contribution is 2.35. The van der Waals surface area contributed by atoms with Crippen molar-refractivity contribution in [1.82, 2.24) is 20.5 Å². The summed E-state index contributed by atoms with van der Waals surface area (Å²) in [5, 5.41) is 13.1. The Morgan fingerprint density at radius 3 is 2.78 bits per heavy atom. The molecule has 0 aliphatic carbocycles. The molecule has 188 valence electrons. The van der Waals surface area contributed by atoms with Crippen LogP contribution < -0.4 is 15.4 Å². The molecule has 1 amide bonds. The predicted molar refractivity (Wildman–Crippen MR) is 137 cm³/mol. The third kappa shape index (κ3) is 4.88. The fraction of sp³-hybridized carbons (Fsp3) is 0.154. The molecule has 0 fully saturated rings. The van der Waals surface area contributed by atoms with Crippen LogP contribution in [0.1, 0.15) is 31.0 Å². The molecule has 37 heavy (non-hydrogen) atoms. The summed E-state index contributed by atoms with van der Waals surface area (Å²) in [6.07, 6.45) is 3.09. The zero-order chi connectivity index (χ0) is 26.1. The number of ether oxygens (including phenoxy) is 1. The summed E-state index contributed by atoms with van der Waals surface area (Å²) in [6, 6.07) is 9.24. The number of halogens is 3. The van der Waals surface area contributed by atoms with Crippen molar-refractivity contribution in [3.8, 4) is 5.88 Å². The monoisotopic (exact) mass is 522 g/mol. The molecule has 0 saturated heterocycles. The number of pyridine rings is 1. The first-order chi connectivity index (χ1) is 17.8. The van der Waals surface area contributed by atoms with Crippen molar-refractivity contribution in [2.75, 3.05) is 11.9 Å².